The van der Waals surface area contributed by atoms with Crippen LogP contribution in [0.4, 0.5) is 0 Å². The molecule has 0 aliphatic carbocycles. The Morgan fingerprint density at radius 1 is 1.65 bits per heavy atom. The summed E-state index contributed by atoms with van der Waals surface area (Å²) in [4.78, 5) is 24.5. The molecule has 0 heterocycles. The fourth-order valence-electron chi connectivity index (χ4n) is 0.909. The van der Waals surface area contributed by atoms with Gasteiger partial charge < -0.3 is 16.2 Å². The van der Waals surface area contributed by atoms with Gasteiger partial charge in [-0.3, -0.25) is 4.79 Å². The van der Waals surface area contributed by atoms with Gasteiger partial charge in [0.25, 0.3) is 5.96 Å². The molecule has 10 heteroatoms. The molecule has 0 aromatic heterocycles. The van der Waals surface area contributed by atoms with E-state index < -0.39 is 17.0 Å². The van der Waals surface area contributed by atoms with Crippen LogP contribution >= 0.6 is 12.4 Å². The smallest absolute Gasteiger partial charge is 0.322 e. The first-order valence-corrected chi connectivity index (χ1v) is 4.51. The highest BCUT2D eigenvalue weighted by Gasteiger charge is 2.12. The molecule has 0 rings (SSSR count). The number of guanidine groups is 1. The summed E-state index contributed by atoms with van der Waals surface area (Å²) in [5.41, 5.74) is 12.3. The van der Waals surface area contributed by atoms with Crippen molar-refractivity contribution in [2.75, 3.05) is 13.7 Å². The van der Waals surface area contributed by atoms with Crippen molar-refractivity contribution < 1.29 is 14.6 Å². The van der Waals surface area contributed by atoms with E-state index in [1.165, 1.54) is 7.11 Å². The average molecular weight is 270 g/mol. The number of hydrazine groups is 1. The van der Waals surface area contributed by atoms with Gasteiger partial charge in [-0.25, -0.2) is 15.1 Å². The van der Waals surface area contributed by atoms with Gasteiger partial charge in [0.1, 0.15) is 6.04 Å². The third kappa shape index (κ3) is 9.33. The number of hydrogen-bond acceptors (Lipinski definition) is 6. The summed E-state index contributed by atoms with van der Waals surface area (Å²) in [6.45, 7) is 0.247. The Balaban J connectivity index is 0. The lowest BCUT2D eigenvalue weighted by atomic mass is 10.2. The molecule has 0 aliphatic heterocycles. The van der Waals surface area contributed by atoms with Gasteiger partial charge in [0.05, 0.1) is 7.11 Å². The maximum atomic E-state index is 10.9. The van der Waals surface area contributed by atoms with E-state index in [4.69, 9.17) is 11.5 Å². The van der Waals surface area contributed by atoms with Crippen molar-refractivity contribution in [3.05, 3.63) is 10.1 Å². The second kappa shape index (κ2) is 9.60. The molecule has 0 spiro atoms. The predicted molar refractivity (Wildman–Crippen MR) is 63.1 cm³/mol. The second-order valence-corrected chi connectivity index (χ2v) is 2.91. The predicted octanol–water partition coefficient (Wildman–Crippen LogP) is -1.22. The van der Waals surface area contributed by atoms with Gasteiger partial charge in [-0.05, 0) is 12.8 Å². The van der Waals surface area contributed by atoms with E-state index in [-0.39, 0.29) is 24.9 Å². The van der Waals surface area contributed by atoms with Gasteiger partial charge >= 0.3 is 5.97 Å². The van der Waals surface area contributed by atoms with Crippen LogP contribution in [0.3, 0.4) is 0 Å². The molecule has 100 valence electrons. The van der Waals surface area contributed by atoms with Crippen molar-refractivity contribution in [2.24, 2.45) is 16.5 Å². The number of carbonyl (C=O) groups excluding carboxylic acids is 1. The topological polar surface area (TPSA) is 146 Å². The van der Waals surface area contributed by atoms with Crippen LogP contribution in [0.25, 0.3) is 0 Å². The zero-order chi connectivity index (χ0) is 12.6. The van der Waals surface area contributed by atoms with Gasteiger partial charge in [0.15, 0.2) is 5.03 Å². The van der Waals surface area contributed by atoms with Crippen LogP contribution in [-0.2, 0) is 9.53 Å². The third-order valence-electron chi connectivity index (χ3n) is 1.67. The minimum absolute atomic E-state index is 0. The van der Waals surface area contributed by atoms with Crippen LogP contribution in [0.2, 0.25) is 0 Å². The van der Waals surface area contributed by atoms with Gasteiger partial charge in [-0.1, -0.05) is 5.43 Å². The zero-order valence-electron chi connectivity index (χ0n) is 9.29. The monoisotopic (exact) mass is 269 g/mol. The van der Waals surface area contributed by atoms with Crippen molar-refractivity contribution >= 4 is 24.3 Å². The Bertz CT molecular complexity index is 285. The normalized spacial score (nSPS) is 12.2. The average Bonchev–Trinajstić information content (AvgIpc) is 2.21. The maximum absolute atomic E-state index is 10.9. The van der Waals surface area contributed by atoms with Crippen molar-refractivity contribution in [2.45, 2.75) is 18.9 Å². The molecule has 0 radical (unpaired) electrons. The summed E-state index contributed by atoms with van der Waals surface area (Å²) >= 11 is 0. The maximum Gasteiger partial charge on any atom is 0.322 e. The lowest BCUT2D eigenvalue weighted by molar-refractivity contribution is -0.525. The molecule has 0 amide bonds. The van der Waals surface area contributed by atoms with E-state index in [0.29, 0.717) is 12.8 Å². The molecule has 1 atom stereocenters. The highest BCUT2D eigenvalue weighted by Crippen LogP contribution is 1.96. The molecule has 0 unspecified atom stereocenters. The molecule has 0 bridgehead atoms. The van der Waals surface area contributed by atoms with Crippen LogP contribution in [0.1, 0.15) is 12.8 Å². The Kier molecular flexibility index (Phi) is 10.0. The molecule has 0 aromatic carbocycles. The molecule has 0 aromatic rings. The summed E-state index contributed by atoms with van der Waals surface area (Å²) in [5.74, 6) is -0.781. The van der Waals surface area contributed by atoms with Gasteiger partial charge in [-0.2, -0.15) is 0 Å². The van der Waals surface area contributed by atoms with Crippen molar-refractivity contribution in [1.82, 2.24) is 5.43 Å². The van der Waals surface area contributed by atoms with Gasteiger partial charge in [-0.15, -0.1) is 12.4 Å². The van der Waals surface area contributed by atoms with Gasteiger partial charge in [0.2, 0.25) is 0 Å². The van der Waals surface area contributed by atoms with E-state index >= 15 is 0 Å². The number of hydrogen-bond donors (Lipinski definition) is 3. The first-order valence-electron chi connectivity index (χ1n) is 4.51. The molecule has 0 saturated carbocycles. The number of nitrogens with two attached hydrogens (primary N) is 2. The van der Waals surface area contributed by atoms with E-state index in [1.54, 1.807) is 5.43 Å². The molecule has 0 saturated heterocycles. The Morgan fingerprint density at radius 3 is 2.71 bits per heavy atom. The summed E-state index contributed by atoms with van der Waals surface area (Å²) in [7, 11) is 1.25. The molecular weight excluding hydrogens is 254 g/mol. The van der Waals surface area contributed by atoms with Crippen molar-refractivity contribution in [1.29, 1.82) is 0 Å². The van der Waals surface area contributed by atoms with E-state index in [2.05, 4.69) is 9.73 Å². The number of ether oxygens (including phenoxy) is 1. The number of rotatable bonds is 6. The fraction of sp³-hybridized carbons (Fsp3) is 0.714. The zero-order valence-corrected chi connectivity index (χ0v) is 10.1. The number of nitrogens with one attached hydrogen (secondary N) is 1. The number of esters is 1. The van der Waals surface area contributed by atoms with Crippen LogP contribution in [-0.4, -0.2) is 36.7 Å². The number of nitro groups is 1. The summed E-state index contributed by atoms with van der Waals surface area (Å²) in [6, 6.07) is -0.704. The number of carbonyl (C=O) groups is 1. The van der Waals surface area contributed by atoms with Crippen LogP contribution < -0.4 is 16.9 Å². The SMILES string of the molecule is COC(=O)[C@@H](N)CCCN=C(N)N[N+](=O)[O-].Cl. The minimum Gasteiger partial charge on any atom is -0.468 e. The Hall–Kier alpha value is -1.61. The van der Waals surface area contributed by atoms with Crippen LogP contribution in [0, 0.1) is 10.1 Å². The third-order valence-corrected chi connectivity index (χ3v) is 1.67. The first kappa shape index (κ1) is 17.8. The minimum atomic E-state index is -0.807. The lowest BCUT2D eigenvalue weighted by Gasteiger charge is -2.07. The molecule has 0 fully saturated rings. The molecule has 0 aliphatic rings. The summed E-state index contributed by atoms with van der Waals surface area (Å²) in [6.07, 6.45) is 0.859. The van der Waals surface area contributed by atoms with E-state index in [1.807, 2.05) is 0 Å². The molecule has 9 nitrogen and oxygen atoms in total. The molecule has 5 N–H and O–H groups in total. The Labute approximate surface area is 104 Å². The Morgan fingerprint density at radius 2 is 2.24 bits per heavy atom. The molecular formula is C7H16ClN5O4. The number of nitrogens with zero attached hydrogens (tertiary/aromatic N) is 2. The number of methoxy groups -OCH3 is 1. The largest absolute Gasteiger partial charge is 0.468 e. The quantitative estimate of drug-likeness (QED) is 0.137. The van der Waals surface area contributed by atoms with Crippen molar-refractivity contribution in [3.8, 4) is 0 Å². The summed E-state index contributed by atoms with van der Waals surface area (Å²) in [5, 5.41) is 9.12. The lowest BCUT2D eigenvalue weighted by Crippen LogP contribution is -2.36. The van der Waals surface area contributed by atoms with Crippen LogP contribution in [0.15, 0.2) is 4.99 Å². The van der Waals surface area contributed by atoms with Crippen molar-refractivity contribution in [3.63, 3.8) is 0 Å². The standard InChI is InChI=1S/C7H15N5O4.ClH/c1-16-6(13)5(8)3-2-4-10-7(9)11-12(14)15;/h5H,2-4,8H2,1H3,(H3,9,10,11);1H/t5-;/m0./s1. The fourth-order valence-corrected chi connectivity index (χ4v) is 0.909. The van der Waals surface area contributed by atoms with Gasteiger partial charge in [0, 0.05) is 6.54 Å². The van der Waals surface area contributed by atoms with Crippen LogP contribution in [0.5, 0.6) is 0 Å². The molecule has 17 heavy (non-hydrogen) atoms. The number of aliphatic imine (C=N–C) groups is 1. The highest BCUT2D eigenvalue weighted by molar-refractivity contribution is 5.85. The number of halogens is 1. The van der Waals surface area contributed by atoms with E-state index in [9.17, 15) is 14.9 Å². The first-order chi connectivity index (χ1) is 7.47. The second-order valence-electron chi connectivity index (χ2n) is 2.91. The van der Waals surface area contributed by atoms with E-state index in [0.717, 1.165) is 0 Å². The highest BCUT2D eigenvalue weighted by atomic mass is 35.5. The summed E-state index contributed by atoms with van der Waals surface area (Å²) < 4.78 is 4.42.